The van der Waals surface area contributed by atoms with Gasteiger partial charge < -0.3 is 9.84 Å². The van der Waals surface area contributed by atoms with Gasteiger partial charge in [0.15, 0.2) is 0 Å². The monoisotopic (exact) mass is 212 g/mol. The Morgan fingerprint density at radius 2 is 2.07 bits per heavy atom. The summed E-state index contributed by atoms with van der Waals surface area (Å²) >= 11 is 0. The lowest BCUT2D eigenvalue weighted by Gasteiger charge is -2.18. The fraction of sp³-hybridized carbons (Fsp3) is 0.444. The molecule has 0 saturated carbocycles. The molecule has 1 aromatic heterocycles. The molecule has 15 heavy (non-hydrogen) atoms. The van der Waals surface area contributed by atoms with Crippen molar-refractivity contribution in [2.24, 2.45) is 0 Å². The van der Waals surface area contributed by atoms with Crippen LogP contribution >= 0.6 is 0 Å². The summed E-state index contributed by atoms with van der Waals surface area (Å²) in [5.74, 6) is -1.13. The molecule has 1 aromatic rings. The second-order valence-electron chi connectivity index (χ2n) is 3.96. The minimum Gasteiger partial charge on any atom is -0.478 e. The molecule has 0 unspecified atom stereocenters. The molecule has 0 aliphatic rings. The first-order valence-electron chi connectivity index (χ1n) is 4.31. The van der Waals surface area contributed by atoms with Crippen molar-refractivity contribution in [2.75, 3.05) is 0 Å². The van der Waals surface area contributed by atoms with Crippen molar-refractivity contribution in [3.05, 3.63) is 18.0 Å². The summed E-state index contributed by atoms with van der Waals surface area (Å²) < 4.78 is 5.84. The Labute approximate surface area is 86.5 Å². The predicted octanol–water partition coefficient (Wildman–Crippen LogP) is 1.36. The summed E-state index contributed by atoms with van der Waals surface area (Å²) in [5, 5.41) is 12.2. The number of hydrogen-bond donors (Lipinski definition) is 1. The van der Waals surface area contributed by atoms with E-state index in [1.165, 1.54) is 0 Å². The van der Waals surface area contributed by atoms with Gasteiger partial charge in [-0.3, -0.25) is 0 Å². The molecule has 6 heteroatoms. The van der Waals surface area contributed by atoms with Gasteiger partial charge in [-0.15, -0.1) is 0 Å². The Hall–Kier alpha value is -1.85. The Morgan fingerprint density at radius 1 is 1.47 bits per heavy atom. The average molecular weight is 212 g/mol. The molecular formula is C9H12N2O4. The Balaban J connectivity index is 2.79. The van der Waals surface area contributed by atoms with Crippen LogP contribution in [0.5, 0.6) is 0 Å². The molecule has 0 bridgehead atoms. The molecule has 0 amide bonds. The molecule has 0 saturated heterocycles. The number of carbonyl (C=O) groups is 2. The van der Waals surface area contributed by atoms with Gasteiger partial charge in [0, 0.05) is 0 Å². The quantitative estimate of drug-likeness (QED) is 0.760. The van der Waals surface area contributed by atoms with Crippen molar-refractivity contribution in [3.8, 4) is 0 Å². The summed E-state index contributed by atoms with van der Waals surface area (Å²) in [6.07, 6.45) is 1.50. The number of nitrogens with zero attached hydrogens (tertiary/aromatic N) is 2. The molecule has 0 fully saturated rings. The van der Waals surface area contributed by atoms with Gasteiger partial charge in [-0.25, -0.2) is 9.59 Å². The summed E-state index contributed by atoms with van der Waals surface area (Å²) in [6.45, 7) is 5.14. The highest BCUT2D eigenvalue weighted by Crippen LogP contribution is 2.08. The van der Waals surface area contributed by atoms with Crippen LogP contribution in [0.4, 0.5) is 4.79 Å². The highest BCUT2D eigenvalue weighted by atomic mass is 16.6. The zero-order valence-electron chi connectivity index (χ0n) is 8.72. The summed E-state index contributed by atoms with van der Waals surface area (Å²) in [4.78, 5) is 21.9. The highest BCUT2D eigenvalue weighted by molar-refractivity contribution is 5.87. The van der Waals surface area contributed by atoms with Gasteiger partial charge in [0.25, 0.3) is 0 Å². The molecule has 82 valence electrons. The van der Waals surface area contributed by atoms with Crippen molar-refractivity contribution < 1.29 is 19.4 Å². The zero-order valence-corrected chi connectivity index (χ0v) is 8.72. The number of carbonyl (C=O) groups excluding carboxylic acids is 1. The molecule has 6 nitrogen and oxygen atoms in total. The third-order valence-corrected chi connectivity index (χ3v) is 1.41. The van der Waals surface area contributed by atoms with Crippen molar-refractivity contribution >= 4 is 12.1 Å². The molecule has 1 heterocycles. The Morgan fingerprint density at radius 3 is 2.47 bits per heavy atom. The fourth-order valence-electron chi connectivity index (χ4n) is 0.842. The van der Waals surface area contributed by atoms with Crippen LogP contribution in [0.1, 0.15) is 31.1 Å². The maximum Gasteiger partial charge on any atom is 0.435 e. The summed E-state index contributed by atoms with van der Waals surface area (Å²) in [6, 6.07) is 0. The number of aromatic carboxylic acids is 1. The van der Waals surface area contributed by atoms with Crippen LogP contribution in [0.15, 0.2) is 12.4 Å². The topological polar surface area (TPSA) is 81.4 Å². The van der Waals surface area contributed by atoms with Gasteiger partial charge >= 0.3 is 12.1 Å². The van der Waals surface area contributed by atoms with Crippen molar-refractivity contribution in [1.29, 1.82) is 0 Å². The molecule has 1 N–H and O–H groups in total. The largest absolute Gasteiger partial charge is 0.478 e. The predicted molar refractivity (Wildman–Crippen MR) is 50.8 cm³/mol. The van der Waals surface area contributed by atoms with E-state index in [2.05, 4.69) is 5.10 Å². The molecule has 0 spiro atoms. The lowest BCUT2D eigenvalue weighted by atomic mass is 10.2. The number of carboxylic acid groups (broad SMARTS) is 1. The average Bonchev–Trinajstić information content (AvgIpc) is 2.47. The lowest BCUT2D eigenvalue weighted by molar-refractivity contribution is 0.0514. The second kappa shape index (κ2) is 3.72. The van der Waals surface area contributed by atoms with Crippen molar-refractivity contribution in [3.63, 3.8) is 0 Å². The minimum absolute atomic E-state index is 0.0548. The lowest BCUT2D eigenvalue weighted by Crippen LogP contribution is -2.27. The van der Waals surface area contributed by atoms with Crippen LogP contribution in [0, 0.1) is 0 Å². The first-order valence-corrected chi connectivity index (χ1v) is 4.31. The van der Waals surface area contributed by atoms with Crippen molar-refractivity contribution in [2.45, 2.75) is 26.4 Å². The summed E-state index contributed by atoms with van der Waals surface area (Å²) in [7, 11) is 0. The number of hydrogen-bond acceptors (Lipinski definition) is 4. The Kier molecular flexibility index (Phi) is 2.78. The van der Waals surface area contributed by atoms with E-state index in [4.69, 9.17) is 9.84 Å². The van der Waals surface area contributed by atoms with E-state index in [9.17, 15) is 9.59 Å². The van der Waals surface area contributed by atoms with Crippen LogP contribution in [0.3, 0.4) is 0 Å². The van der Waals surface area contributed by atoms with Gasteiger partial charge in [-0.05, 0) is 20.8 Å². The molecule has 0 aliphatic heterocycles. The normalized spacial score (nSPS) is 11.1. The van der Waals surface area contributed by atoms with E-state index in [0.717, 1.165) is 17.1 Å². The smallest absolute Gasteiger partial charge is 0.435 e. The van der Waals surface area contributed by atoms with E-state index in [-0.39, 0.29) is 5.56 Å². The SMILES string of the molecule is CC(C)(C)OC(=O)n1cc(C(=O)O)cn1. The standard InChI is InChI=1S/C9H12N2O4/c1-9(2,3)15-8(14)11-5-6(4-10-11)7(12)13/h4-5H,1-3H3,(H,12,13). The van der Waals surface area contributed by atoms with Crippen LogP contribution in [-0.2, 0) is 4.74 Å². The highest BCUT2D eigenvalue weighted by Gasteiger charge is 2.19. The molecule has 1 rings (SSSR count). The molecule has 0 aromatic carbocycles. The molecule has 0 aliphatic carbocycles. The van der Waals surface area contributed by atoms with Gasteiger partial charge in [0.1, 0.15) is 5.60 Å². The molecule has 0 atom stereocenters. The maximum absolute atomic E-state index is 11.4. The first kappa shape index (κ1) is 11.2. The van der Waals surface area contributed by atoms with Gasteiger partial charge in [-0.2, -0.15) is 9.78 Å². The van der Waals surface area contributed by atoms with Crippen LogP contribution < -0.4 is 0 Å². The number of rotatable bonds is 1. The van der Waals surface area contributed by atoms with E-state index in [0.29, 0.717) is 0 Å². The van der Waals surface area contributed by atoms with E-state index in [1.54, 1.807) is 20.8 Å². The summed E-state index contributed by atoms with van der Waals surface area (Å²) in [5.41, 5.74) is -0.687. The molecule has 0 radical (unpaired) electrons. The molecular weight excluding hydrogens is 200 g/mol. The number of aromatic nitrogens is 2. The third-order valence-electron chi connectivity index (χ3n) is 1.41. The fourth-order valence-corrected chi connectivity index (χ4v) is 0.842. The maximum atomic E-state index is 11.4. The second-order valence-corrected chi connectivity index (χ2v) is 3.96. The zero-order chi connectivity index (χ0) is 11.6. The van der Waals surface area contributed by atoms with Crippen LogP contribution in [-0.4, -0.2) is 32.6 Å². The number of ether oxygens (including phenoxy) is 1. The minimum atomic E-state index is -1.13. The first-order chi connectivity index (χ1) is 6.79. The van der Waals surface area contributed by atoms with Crippen LogP contribution in [0.25, 0.3) is 0 Å². The van der Waals surface area contributed by atoms with E-state index >= 15 is 0 Å². The van der Waals surface area contributed by atoms with Crippen molar-refractivity contribution in [1.82, 2.24) is 9.78 Å². The van der Waals surface area contributed by atoms with Gasteiger partial charge in [0.2, 0.25) is 0 Å². The Bertz CT molecular complexity index is 389. The van der Waals surface area contributed by atoms with Crippen LogP contribution in [0.2, 0.25) is 0 Å². The number of carboxylic acids is 1. The van der Waals surface area contributed by atoms with Gasteiger partial charge in [-0.1, -0.05) is 0 Å². The van der Waals surface area contributed by atoms with E-state index in [1.807, 2.05) is 0 Å². The third kappa shape index (κ3) is 3.08. The van der Waals surface area contributed by atoms with E-state index < -0.39 is 17.7 Å². The van der Waals surface area contributed by atoms with Gasteiger partial charge in [0.05, 0.1) is 18.0 Å².